The van der Waals surface area contributed by atoms with E-state index in [4.69, 9.17) is 14.6 Å². The Morgan fingerprint density at radius 1 is 1.00 bits per heavy atom. The van der Waals surface area contributed by atoms with Gasteiger partial charge < -0.3 is 30.5 Å². The fourth-order valence-corrected chi connectivity index (χ4v) is 2.28. The first kappa shape index (κ1) is 25.8. The second kappa shape index (κ2) is 12.5. The van der Waals surface area contributed by atoms with Crippen LogP contribution in [0.2, 0.25) is 0 Å². The Kier molecular flexibility index (Phi) is 10.0. The number of nitro groups is 1. The predicted octanol–water partition coefficient (Wildman–Crippen LogP) is 0.171. The Morgan fingerprint density at radius 2 is 1.53 bits per heavy atom. The highest BCUT2D eigenvalue weighted by atomic mass is 16.6. The number of nitrogens with zero attached hydrogens (tertiary/aromatic N) is 1. The molecule has 0 bridgehead atoms. The highest BCUT2D eigenvalue weighted by Gasteiger charge is 2.34. The number of hydrogen-bond donors (Lipinski definition) is 4. The van der Waals surface area contributed by atoms with E-state index in [0.717, 1.165) is 12.1 Å². The van der Waals surface area contributed by atoms with E-state index in [2.05, 4.69) is 10.6 Å². The van der Waals surface area contributed by atoms with Gasteiger partial charge in [0, 0.05) is 17.8 Å². The van der Waals surface area contributed by atoms with Crippen LogP contribution in [0.5, 0.6) is 0 Å². The molecule has 0 fully saturated rings. The average molecular weight is 454 g/mol. The number of carbonyl (C=O) groups excluding carboxylic acids is 4. The maximum absolute atomic E-state index is 12.5. The van der Waals surface area contributed by atoms with Crippen molar-refractivity contribution in [2.75, 3.05) is 18.5 Å². The zero-order valence-corrected chi connectivity index (χ0v) is 17.2. The van der Waals surface area contributed by atoms with Crippen molar-refractivity contribution in [2.45, 2.75) is 32.4 Å². The number of ether oxygens (including phenoxy) is 2. The molecule has 0 heterocycles. The van der Waals surface area contributed by atoms with Crippen LogP contribution in [0, 0.1) is 10.1 Å². The summed E-state index contributed by atoms with van der Waals surface area (Å²) in [5.41, 5.74) is -0.0958. The molecule has 174 valence electrons. The van der Waals surface area contributed by atoms with Gasteiger partial charge in [-0.25, -0.2) is 14.4 Å². The van der Waals surface area contributed by atoms with Crippen LogP contribution in [0.15, 0.2) is 24.3 Å². The lowest BCUT2D eigenvalue weighted by Crippen LogP contribution is -2.55. The molecule has 0 aliphatic carbocycles. The quantitative estimate of drug-likeness (QED) is 0.154. The number of amides is 3. The van der Waals surface area contributed by atoms with Gasteiger partial charge in [0.2, 0.25) is 11.9 Å². The first-order valence-corrected chi connectivity index (χ1v) is 9.26. The predicted molar refractivity (Wildman–Crippen MR) is 106 cm³/mol. The van der Waals surface area contributed by atoms with Gasteiger partial charge in [0.05, 0.1) is 24.6 Å². The van der Waals surface area contributed by atoms with Gasteiger partial charge in [-0.05, 0) is 26.0 Å². The van der Waals surface area contributed by atoms with Gasteiger partial charge in [-0.3, -0.25) is 19.7 Å². The van der Waals surface area contributed by atoms with Crippen LogP contribution in [-0.2, 0) is 28.7 Å². The molecule has 1 aromatic rings. The lowest BCUT2D eigenvalue weighted by molar-refractivity contribution is -0.384. The third-order valence-corrected chi connectivity index (χ3v) is 3.67. The zero-order valence-electron chi connectivity index (χ0n) is 17.2. The number of anilines is 1. The first-order valence-electron chi connectivity index (χ1n) is 9.26. The van der Waals surface area contributed by atoms with Crippen molar-refractivity contribution in [2.24, 2.45) is 0 Å². The van der Waals surface area contributed by atoms with Crippen LogP contribution in [0.3, 0.4) is 0 Å². The number of nitrogens with one attached hydrogen (secondary N) is 3. The largest absolute Gasteiger partial charge is 0.481 e. The summed E-state index contributed by atoms with van der Waals surface area (Å²) in [6, 6.07) is 0.142. The Balaban J connectivity index is 2.92. The van der Waals surface area contributed by atoms with E-state index < -0.39 is 53.3 Å². The maximum atomic E-state index is 12.5. The number of rotatable bonds is 11. The minimum absolute atomic E-state index is 0.0982. The van der Waals surface area contributed by atoms with Gasteiger partial charge in [-0.15, -0.1) is 0 Å². The number of urea groups is 1. The van der Waals surface area contributed by atoms with Crippen LogP contribution >= 0.6 is 0 Å². The molecule has 0 aliphatic heterocycles. The molecule has 0 spiro atoms. The molecule has 1 rings (SSSR count). The molecule has 32 heavy (non-hydrogen) atoms. The second-order valence-corrected chi connectivity index (χ2v) is 6.00. The molecule has 0 saturated heterocycles. The molecule has 4 N–H and O–H groups in total. The molecule has 1 unspecified atom stereocenters. The molecule has 1 atom stereocenters. The molecule has 14 heteroatoms. The second-order valence-electron chi connectivity index (χ2n) is 6.00. The molecule has 0 saturated carbocycles. The third kappa shape index (κ3) is 8.25. The molecular weight excluding hydrogens is 432 g/mol. The summed E-state index contributed by atoms with van der Waals surface area (Å²) in [7, 11) is 0. The minimum atomic E-state index is -1.86. The Bertz CT molecular complexity index is 853. The van der Waals surface area contributed by atoms with Crippen molar-refractivity contribution in [1.29, 1.82) is 0 Å². The number of aliphatic carboxylic acids is 1. The van der Waals surface area contributed by atoms with Crippen molar-refractivity contribution in [3.8, 4) is 0 Å². The monoisotopic (exact) mass is 454 g/mol. The van der Waals surface area contributed by atoms with Gasteiger partial charge >= 0.3 is 23.9 Å². The summed E-state index contributed by atoms with van der Waals surface area (Å²) in [5, 5.41) is 26.1. The van der Waals surface area contributed by atoms with Crippen molar-refractivity contribution >= 4 is 41.2 Å². The number of carbonyl (C=O) groups is 5. The summed E-state index contributed by atoms with van der Waals surface area (Å²) < 4.78 is 9.40. The molecule has 0 aromatic heterocycles. The topological polar surface area (TPSA) is 203 Å². The van der Waals surface area contributed by atoms with E-state index in [9.17, 15) is 34.1 Å². The van der Waals surface area contributed by atoms with Crippen LogP contribution in [-0.4, -0.2) is 65.2 Å². The van der Waals surface area contributed by atoms with E-state index in [-0.39, 0.29) is 24.6 Å². The number of hydrogen-bond acceptors (Lipinski definition) is 9. The maximum Gasteiger partial charge on any atom is 0.340 e. The molecule has 3 amide bonds. The first-order chi connectivity index (χ1) is 15.1. The van der Waals surface area contributed by atoms with Crippen LogP contribution < -0.4 is 16.0 Å². The zero-order chi connectivity index (χ0) is 24.3. The fraction of sp³-hybridized carbons (Fsp3) is 0.389. The van der Waals surface area contributed by atoms with Crippen LogP contribution in [0.4, 0.5) is 16.2 Å². The number of non-ortho nitro benzene ring substituents is 1. The van der Waals surface area contributed by atoms with Gasteiger partial charge in [0.1, 0.15) is 6.04 Å². The standard InChI is InChI=1S/C18H22N4O10/c1-3-31-16(26)14(17(27)32-4-2)21-15(25)12(9-13(23)24)20-18(28)19-10-5-7-11(8-6-10)22(29)30/h5-8,12,14H,3-4,9H2,1-2H3,(H,21,25)(H,23,24)(H2,19,20,28). The van der Waals surface area contributed by atoms with Crippen LogP contribution in [0.1, 0.15) is 20.3 Å². The van der Waals surface area contributed by atoms with Gasteiger partial charge in [0.25, 0.3) is 5.69 Å². The Hall–Kier alpha value is -4.23. The van der Waals surface area contributed by atoms with Crippen molar-refractivity contribution in [3.63, 3.8) is 0 Å². The SMILES string of the molecule is CCOC(=O)C(NC(=O)C(CC(=O)O)NC(=O)Nc1ccc([N+](=O)[O-])cc1)C(=O)OCC. The molecular formula is C18H22N4O10. The summed E-state index contributed by atoms with van der Waals surface area (Å²) in [5.74, 6) is -4.85. The molecule has 0 aliphatic rings. The summed E-state index contributed by atoms with van der Waals surface area (Å²) in [6.07, 6.45) is -0.877. The van der Waals surface area contributed by atoms with Crippen molar-refractivity contribution < 1.29 is 43.5 Å². The van der Waals surface area contributed by atoms with E-state index in [1.807, 2.05) is 5.32 Å². The number of carboxylic acid groups (broad SMARTS) is 1. The van der Waals surface area contributed by atoms with Crippen molar-refractivity contribution in [3.05, 3.63) is 34.4 Å². The van der Waals surface area contributed by atoms with Gasteiger partial charge in [0.15, 0.2) is 0 Å². The summed E-state index contributed by atoms with van der Waals surface area (Å²) in [6.45, 7) is 2.75. The molecule has 14 nitrogen and oxygen atoms in total. The normalized spacial score (nSPS) is 11.1. The number of nitro benzene ring substituents is 1. The summed E-state index contributed by atoms with van der Waals surface area (Å²) >= 11 is 0. The van der Waals surface area contributed by atoms with E-state index >= 15 is 0 Å². The third-order valence-electron chi connectivity index (χ3n) is 3.67. The minimum Gasteiger partial charge on any atom is -0.481 e. The highest BCUT2D eigenvalue weighted by molar-refractivity contribution is 6.04. The van der Waals surface area contributed by atoms with E-state index in [1.54, 1.807) is 0 Å². The Labute approximate surface area is 181 Å². The molecule has 0 radical (unpaired) electrons. The number of carboxylic acids is 1. The number of esters is 2. The van der Waals surface area contributed by atoms with Gasteiger partial charge in [-0.1, -0.05) is 0 Å². The van der Waals surface area contributed by atoms with Crippen molar-refractivity contribution in [1.82, 2.24) is 10.6 Å². The van der Waals surface area contributed by atoms with E-state index in [0.29, 0.717) is 0 Å². The average Bonchev–Trinajstić information content (AvgIpc) is 2.71. The highest BCUT2D eigenvalue weighted by Crippen LogP contribution is 2.15. The van der Waals surface area contributed by atoms with E-state index in [1.165, 1.54) is 26.0 Å². The lowest BCUT2D eigenvalue weighted by Gasteiger charge is -2.21. The Morgan fingerprint density at radius 3 is 1.97 bits per heavy atom. The van der Waals surface area contributed by atoms with Gasteiger partial charge in [-0.2, -0.15) is 0 Å². The number of benzene rings is 1. The van der Waals surface area contributed by atoms with Crippen LogP contribution in [0.25, 0.3) is 0 Å². The molecule has 1 aromatic carbocycles. The fourth-order valence-electron chi connectivity index (χ4n) is 2.28. The lowest BCUT2D eigenvalue weighted by atomic mass is 10.1. The smallest absolute Gasteiger partial charge is 0.340 e. The summed E-state index contributed by atoms with van der Waals surface area (Å²) in [4.78, 5) is 69.8.